The Balaban J connectivity index is 1.91. The molecule has 1 aromatic heterocycles. The quantitative estimate of drug-likeness (QED) is 0.699. The predicted octanol–water partition coefficient (Wildman–Crippen LogP) is 4.05. The SMILES string of the molecule is CCC(C)(C)NC(=O)C(C)Sc1nnc(COc2cc(C)ccc2C)o1. The minimum Gasteiger partial charge on any atom is -0.484 e. The van der Waals surface area contributed by atoms with Crippen molar-refractivity contribution in [3.8, 4) is 5.75 Å². The number of carbonyl (C=O) groups excluding carboxylic acids is 1. The topological polar surface area (TPSA) is 77.2 Å². The van der Waals surface area contributed by atoms with Crippen LogP contribution in [0.2, 0.25) is 0 Å². The molecule has 1 aromatic carbocycles. The van der Waals surface area contributed by atoms with Gasteiger partial charge in [-0.15, -0.1) is 10.2 Å². The number of amides is 1. The molecule has 2 rings (SSSR count). The second kappa shape index (κ2) is 8.58. The number of nitrogens with one attached hydrogen (secondary N) is 1. The summed E-state index contributed by atoms with van der Waals surface area (Å²) >= 11 is 1.24. The second-order valence-corrected chi connectivity index (χ2v) is 8.30. The molecule has 1 unspecified atom stereocenters. The Kier molecular flexibility index (Phi) is 6.69. The Morgan fingerprint density at radius 1 is 1.35 bits per heavy atom. The Bertz CT molecular complexity index is 758. The molecule has 6 nitrogen and oxygen atoms in total. The predicted molar refractivity (Wildman–Crippen MR) is 102 cm³/mol. The van der Waals surface area contributed by atoms with Crippen LogP contribution in [0.4, 0.5) is 0 Å². The summed E-state index contributed by atoms with van der Waals surface area (Å²) in [5.41, 5.74) is 1.95. The minimum absolute atomic E-state index is 0.0479. The molecule has 0 fully saturated rings. The lowest BCUT2D eigenvalue weighted by Crippen LogP contribution is -2.46. The van der Waals surface area contributed by atoms with Crippen molar-refractivity contribution < 1.29 is 13.9 Å². The third-order valence-electron chi connectivity index (χ3n) is 4.14. The fraction of sp³-hybridized carbons (Fsp3) is 0.526. The maximum Gasteiger partial charge on any atom is 0.277 e. The average molecular weight is 378 g/mol. The van der Waals surface area contributed by atoms with E-state index in [1.807, 2.05) is 59.7 Å². The van der Waals surface area contributed by atoms with Gasteiger partial charge in [0.15, 0.2) is 6.61 Å². The van der Waals surface area contributed by atoms with Crippen molar-refractivity contribution in [1.29, 1.82) is 0 Å². The Labute approximate surface area is 159 Å². The van der Waals surface area contributed by atoms with E-state index in [4.69, 9.17) is 9.15 Å². The lowest BCUT2D eigenvalue weighted by Gasteiger charge is -2.25. The van der Waals surface area contributed by atoms with Gasteiger partial charge in [0.2, 0.25) is 5.91 Å². The van der Waals surface area contributed by atoms with Crippen molar-refractivity contribution in [3.63, 3.8) is 0 Å². The highest BCUT2D eigenvalue weighted by Crippen LogP contribution is 2.24. The molecule has 0 saturated heterocycles. The van der Waals surface area contributed by atoms with Crippen LogP contribution in [0.5, 0.6) is 5.75 Å². The first-order chi connectivity index (χ1) is 12.2. The van der Waals surface area contributed by atoms with E-state index in [1.165, 1.54) is 11.8 Å². The summed E-state index contributed by atoms with van der Waals surface area (Å²) in [7, 11) is 0. The molecule has 142 valence electrons. The third kappa shape index (κ3) is 5.76. The van der Waals surface area contributed by atoms with E-state index < -0.39 is 0 Å². The van der Waals surface area contributed by atoms with Crippen LogP contribution in [0.3, 0.4) is 0 Å². The molecule has 1 amide bonds. The highest BCUT2D eigenvalue weighted by atomic mass is 32.2. The normalized spacial score (nSPS) is 12.7. The highest BCUT2D eigenvalue weighted by Gasteiger charge is 2.24. The van der Waals surface area contributed by atoms with Crippen molar-refractivity contribution in [2.75, 3.05) is 0 Å². The van der Waals surface area contributed by atoms with Gasteiger partial charge in [-0.1, -0.05) is 30.8 Å². The third-order valence-corrected chi connectivity index (χ3v) is 5.07. The van der Waals surface area contributed by atoms with E-state index in [0.717, 1.165) is 23.3 Å². The van der Waals surface area contributed by atoms with Crippen LogP contribution in [0.25, 0.3) is 0 Å². The van der Waals surface area contributed by atoms with Gasteiger partial charge in [-0.3, -0.25) is 4.79 Å². The van der Waals surface area contributed by atoms with Crippen LogP contribution >= 0.6 is 11.8 Å². The van der Waals surface area contributed by atoms with E-state index >= 15 is 0 Å². The molecule has 0 aliphatic heterocycles. The molecular weight excluding hydrogens is 350 g/mol. The summed E-state index contributed by atoms with van der Waals surface area (Å²) in [4.78, 5) is 12.3. The number of hydrogen-bond acceptors (Lipinski definition) is 6. The number of rotatable bonds is 8. The number of aryl methyl sites for hydroxylation is 2. The number of hydrogen-bond donors (Lipinski definition) is 1. The molecule has 0 saturated carbocycles. The van der Waals surface area contributed by atoms with Gasteiger partial charge in [0.05, 0.1) is 5.25 Å². The van der Waals surface area contributed by atoms with Gasteiger partial charge in [-0.05, 0) is 58.2 Å². The fourth-order valence-corrected chi connectivity index (χ4v) is 2.78. The van der Waals surface area contributed by atoms with Gasteiger partial charge in [-0.2, -0.15) is 0 Å². The molecule has 0 aliphatic carbocycles. The van der Waals surface area contributed by atoms with Crippen LogP contribution < -0.4 is 10.1 Å². The van der Waals surface area contributed by atoms with Crippen LogP contribution in [0.1, 0.15) is 51.1 Å². The Morgan fingerprint density at radius 3 is 2.77 bits per heavy atom. The number of ether oxygens (including phenoxy) is 1. The molecule has 0 radical (unpaired) electrons. The molecule has 1 N–H and O–H groups in total. The van der Waals surface area contributed by atoms with Crippen molar-refractivity contribution in [2.24, 2.45) is 0 Å². The van der Waals surface area contributed by atoms with Crippen molar-refractivity contribution in [2.45, 2.75) is 70.6 Å². The summed E-state index contributed by atoms with van der Waals surface area (Å²) in [5.74, 6) is 1.13. The van der Waals surface area contributed by atoms with Gasteiger partial charge in [0.25, 0.3) is 11.1 Å². The highest BCUT2D eigenvalue weighted by molar-refractivity contribution is 8.00. The first kappa shape index (κ1) is 20.3. The second-order valence-electron chi connectivity index (χ2n) is 7.01. The molecule has 2 aromatic rings. The summed E-state index contributed by atoms with van der Waals surface area (Å²) in [5, 5.41) is 11.0. The van der Waals surface area contributed by atoms with Gasteiger partial charge in [0.1, 0.15) is 5.75 Å². The van der Waals surface area contributed by atoms with Gasteiger partial charge in [0, 0.05) is 5.54 Å². The van der Waals surface area contributed by atoms with Crippen molar-refractivity contribution >= 4 is 17.7 Å². The largest absolute Gasteiger partial charge is 0.484 e. The molecule has 26 heavy (non-hydrogen) atoms. The number of thioether (sulfide) groups is 1. The van der Waals surface area contributed by atoms with Gasteiger partial charge in [-0.25, -0.2) is 0 Å². The lowest BCUT2D eigenvalue weighted by atomic mass is 10.0. The van der Waals surface area contributed by atoms with E-state index in [1.54, 1.807) is 0 Å². The summed E-state index contributed by atoms with van der Waals surface area (Å²) in [6.45, 7) is 12.1. The Hall–Kier alpha value is -2.02. The monoisotopic (exact) mass is 377 g/mol. The van der Waals surface area contributed by atoms with Crippen molar-refractivity contribution in [3.05, 3.63) is 35.2 Å². The zero-order valence-corrected chi connectivity index (χ0v) is 17.1. The zero-order valence-electron chi connectivity index (χ0n) is 16.3. The van der Waals surface area contributed by atoms with E-state index in [0.29, 0.717) is 11.1 Å². The van der Waals surface area contributed by atoms with Crippen LogP contribution in [-0.4, -0.2) is 26.9 Å². The van der Waals surface area contributed by atoms with E-state index in [2.05, 4.69) is 15.5 Å². The molecule has 0 bridgehead atoms. The molecule has 7 heteroatoms. The minimum atomic E-state index is -0.325. The molecule has 1 atom stereocenters. The lowest BCUT2D eigenvalue weighted by molar-refractivity contribution is -0.121. The van der Waals surface area contributed by atoms with Crippen LogP contribution in [-0.2, 0) is 11.4 Å². The summed E-state index contributed by atoms with van der Waals surface area (Å²) in [6, 6.07) is 6.02. The van der Waals surface area contributed by atoms with Gasteiger partial charge < -0.3 is 14.5 Å². The molecule has 0 spiro atoms. The zero-order chi connectivity index (χ0) is 19.3. The molecule has 1 heterocycles. The number of aromatic nitrogens is 2. The molecule has 0 aliphatic rings. The van der Waals surface area contributed by atoms with Crippen LogP contribution in [0, 0.1) is 13.8 Å². The van der Waals surface area contributed by atoms with Crippen LogP contribution in [0.15, 0.2) is 27.8 Å². The van der Waals surface area contributed by atoms with Crippen molar-refractivity contribution in [1.82, 2.24) is 15.5 Å². The molecular formula is C19H27N3O3S. The average Bonchev–Trinajstić information content (AvgIpc) is 3.02. The standard InChI is InChI=1S/C19H27N3O3S/c1-7-19(5,6)20-17(23)14(4)26-18-22-21-16(25-18)11-24-15-10-12(2)8-9-13(15)3/h8-10,14H,7,11H2,1-6H3,(H,20,23). The first-order valence-electron chi connectivity index (χ1n) is 8.71. The summed E-state index contributed by atoms with van der Waals surface area (Å²) < 4.78 is 11.4. The van der Waals surface area contributed by atoms with Gasteiger partial charge >= 0.3 is 0 Å². The number of carbonyl (C=O) groups is 1. The Morgan fingerprint density at radius 2 is 2.08 bits per heavy atom. The van der Waals surface area contributed by atoms with E-state index in [-0.39, 0.29) is 23.3 Å². The van der Waals surface area contributed by atoms with E-state index in [9.17, 15) is 4.79 Å². The maximum atomic E-state index is 12.3. The number of benzene rings is 1. The maximum absolute atomic E-state index is 12.3. The fourth-order valence-electron chi connectivity index (χ4n) is 2.07. The smallest absolute Gasteiger partial charge is 0.277 e. The first-order valence-corrected chi connectivity index (χ1v) is 9.59. The summed E-state index contributed by atoms with van der Waals surface area (Å²) in [6.07, 6.45) is 0.858. The number of nitrogens with zero attached hydrogens (tertiary/aromatic N) is 2.